The Hall–Kier alpha value is -0.980. The number of hydrogen-bond donors (Lipinski definition) is 1. The second kappa shape index (κ2) is 5.56. The smallest absolute Gasteiger partial charge is 0.243 e. The van der Waals surface area contributed by atoms with Crippen LogP contribution < -0.4 is 4.72 Å². The lowest BCUT2D eigenvalue weighted by Crippen LogP contribution is -2.39. The normalized spacial score (nSPS) is 19.3. The van der Waals surface area contributed by atoms with Crippen molar-refractivity contribution in [3.8, 4) is 0 Å². The minimum atomic E-state index is -3.79. The van der Waals surface area contributed by atoms with E-state index in [-0.39, 0.29) is 10.3 Å². The highest BCUT2D eigenvalue weighted by Crippen LogP contribution is 2.29. The number of nitrogens with one attached hydrogen (secondary N) is 1. The molecule has 0 saturated carbocycles. The number of sulfonamides is 1. The number of hydrogen-bond acceptors (Lipinski definition) is 3. The third-order valence-electron chi connectivity index (χ3n) is 3.52. The fourth-order valence-electron chi connectivity index (χ4n) is 2.05. The molecule has 0 bridgehead atoms. The maximum absolute atomic E-state index is 13.5. The Kier molecular flexibility index (Phi) is 4.23. The Morgan fingerprint density at radius 2 is 1.95 bits per heavy atom. The molecule has 0 atom stereocenters. The Morgan fingerprint density at radius 3 is 2.58 bits per heavy atom. The molecule has 0 radical (unpaired) electrons. The van der Waals surface area contributed by atoms with Gasteiger partial charge in [-0.2, -0.15) is 0 Å². The van der Waals surface area contributed by atoms with Crippen molar-refractivity contribution in [1.29, 1.82) is 0 Å². The Morgan fingerprint density at radius 1 is 1.32 bits per heavy atom. The van der Waals surface area contributed by atoms with Gasteiger partial charge in [-0.15, -0.1) is 0 Å². The molecule has 1 aromatic rings. The zero-order valence-electron chi connectivity index (χ0n) is 10.9. The minimum absolute atomic E-state index is 0.128. The highest BCUT2D eigenvalue weighted by Gasteiger charge is 2.29. The van der Waals surface area contributed by atoms with Gasteiger partial charge in [0.2, 0.25) is 10.0 Å². The summed E-state index contributed by atoms with van der Waals surface area (Å²) in [6.07, 6.45) is 1.60. The standard InChI is InChI=1S/C13H18FNO3S/c1-13(6-8-18-9-7-13)10-15-19(16,17)12-5-3-2-4-11(12)14/h2-5,15H,6-10H2,1H3. The van der Waals surface area contributed by atoms with E-state index in [0.717, 1.165) is 18.9 Å². The molecule has 1 fully saturated rings. The second-order valence-electron chi connectivity index (χ2n) is 5.18. The molecule has 0 amide bonds. The fraction of sp³-hybridized carbons (Fsp3) is 0.538. The van der Waals surface area contributed by atoms with Gasteiger partial charge in [-0.3, -0.25) is 0 Å². The van der Waals surface area contributed by atoms with Crippen molar-refractivity contribution in [2.45, 2.75) is 24.7 Å². The molecule has 2 rings (SSSR count). The molecule has 106 valence electrons. The molecule has 0 unspecified atom stereocenters. The first-order valence-corrected chi connectivity index (χ1v) is 7.73. The molecule has 4 nitrogen and oxygen atoms in total. The van der Waals surface area contributed by atoms with Crippen LogP contribution in [-0.4, -0.2) is 28.2 Å². The number of halogens is 1. The molecule has 19 heavy (non-hydrogen) atoms. The SMILES string of the molecule is CC1(CNS(=O)(=O)c2ccccc2F)CCOCC1. The van der Waals surface area contributed by atoms with Gasteiger partial charge in [-0.25, -0.2) is 17.5 Å². The number of ether oxygens (including phenoxy) is 1. The lowest BCUT2D eigenvalue weighted by molar-refractivity contribution is 0.0264. The van der Waals surface area contributed by atoms with Gasteiger partial charge < -0.3 is 4.74 Å². The predicted molar refractivity (Wildman–Crippen MR) is 69.7 cm³/mol. The van der Waals surface area contributed by atoms with Crippen molar-refractivity contribution >= 4 is 10.0 Å². The van der Waals surface area contributed by atoms with Gasteiger partial charge in [-0.1, -0.05) is 19.1 Å². The zero-order chi connectivity index (χ0) is 13.9. The molecular weight excluding hydrogens is 269 g/mol. The summed E-state index contributed by atoms with van der Waals surface area (Å²) in [5, 5.41) is 0. The van der Waals surface area contributed by atoms with E-state index < -0.39 is 15.8 Å². The molecule has 1 N–H and O–H groups in total. The van der Waals surface area contributed by atoms with Gasteiger partial charge in [0.25, 0.3) is 0 Å². The average Bonchev–Trinajstić information content (AvgIpc) is 2.38. The highest BCUT2D eigenvalue weighted by atomic mass is 32.2. The maximum atomic E-state index is 13.5. The monoisotopic (exact) mass is 287 g/mol. The summed E-state index contributed by atoms with van der Waals surface area (Å²) in [5.41, 5.74) is -0.128. The van der Waals surface area contributed by atoms with Gasteiger partial charge in [0.15, 0.2) is 0 Å². The molecule has 1 saturated heterocycles. The summed E-state index contributed by atoms with van der Waals surface area (Å²) in [6.45, 7) is 3.59. The molecule has 1 aliphatic heterocycles. The van der Waals surface area contributed by atoms with E-state index >= 15 is 0 Å². The van der Waals surface area contributed by atoms with Crippen LogP contribution in [0.1, 0.15) is 19.8 Å². The lowest BCUT2D eigenvalue weighted by atomic mass is 9.83. The highest BCUT2D eigenvalue weighted by molar-refractivity contribution is 7.89. The van der Waals surface area contributed by atoms with Crippen LogP contribution in [0.2, 0.25) is 0 Å². The first-order valence-electron chi connectivity index (χ1n) is 6.25. The minimum Gasteiger partial charge on any atom is -0.381 e. The van der Waals surface area contributed by atoms with Crippen molar-refractivity contribution in [2.24, 2.45) is 5.41 Å². The molecule has 1 aromatic carbocycles. The summed E-state index contributed by atoms with van der Waals surface area (Å²) in [6, 6.07) is 5.39. The first-order chi connectivity index (χ1) is 8.93. The van der Waals surface area contributed by atoms with Crippen molar-refractivity contribution in [2.75, 3.05) is 19.8 Å². The van der Waals surface area contributed by atoms with E-state index in [4.69, 9.17) is 4.74 Å². The summed E-state index contributed by atoms with van der Waals surface area (Å²) >= 11 is 0. The number of rotatable bonds is 4. The average molecular weight is 287 g/mol. The van der Waals surface area contributed by atoms with E-state index in [1.807, 2.05) is 6.92 Å². The van der Waals surface area contributed by atoms with Crippen LogP contribution in [0.5, 0.6) is 0 Å². The van der Waals surface area contributed by atoms with Crippen LogP contribution in [0.4, 0.5) is 4.39 Å². The van der Waals surface area contributed by atoms with E-state index in [2.05, 4.69) is 4.72 Å². The Bertz CT molecular complexity index is 539. The topological polar surface area (TPSA) is 55.4 Å². The summed E-state index contributed by atoms with van der Waals surface area (Å²) in [5.74, 6) is -0.730. The molecule has 0 aliphatic carbocycles. The first kappa shape index (κ1) is 14.4. The largest absolute Gasteiger partial charge is 0.381 e. The second-order valence-corrected chi connectivity index (χ2v) is 6.91. The summed E-state index contributed by atoms with van der Waals surface area (Å²) in [7, 11) is -3.79. The predicted octanol–water partition coefficient (Wildman–Crippen LogP) is 1.92. The summed E-state index contributed by atoms with van der Waals surface area (Å²) in [4.78, 5) is -0.300. The molecule has 6 heteroatoms. The van der Waals surface area contributed by atoms with Gasteiger partial charge in [0, 0.05) is 19.8 Å². The molecule has 0 spiro atoms. The van der Waals surface area contributed by atoms with Crippen LogP contribution >= 0.6 is 0 Å². The molecular formula is C13H18FNO3S. The molecule has 1 heterocycles. The maximum Gasteiger partial charge on any atom is 0.243 e. The van der Waals surface area contributed by atoms with Crippen molar-refractivity contribution in [3.05, 3.63) is 30.1 Å². The quantitative estimate of drug-likeness (QED) is 0.920. The van der Waals surface area contributed by atoms with Crippen LogP contribution in [0, 0.1) is 11.2 Å². The fourth-order valence-corrected chi connectivity index (χ4v) is 3.33. The van der Waals surface area contributed by atoms with E-state index in [9.17, 15) is 12.8 Å². The third kappa shape index (κ3) is 3.52. The van der Waals surface area contributed by atoms with Gasteiger partial charge in [0.05, 0.1) is 0 Å². The number of benzene rings is 1. The van der Waals surface area contributed by atoms with E-state index in [0.29, 0.717) is 19.8 Å². The van der Waals surface area contributed by atoms with Gasteiger partial charge >= 0.3 is 0 Å². The Balaban J connectivity index is 2.08. The van der Waals surface area contributed by atoms with Gasteiger partial charge in [0.1, 0.15) is 10.7 Å². The molecule has 1 aliphatic rings. The van der Waals surface area contributed by atoms with E-state index in [1.54, 1.807) is 0 Å². The van der Waals surface area contributed by atoms with Crippen molar-refractivity contribution < 1.29 is 17.5 Å². The van der Waals surface area contributed by atoms with Gasteiger partial charge in [-0.05, 0) is 30.4 Å². The Labute approximate surface area is 113 Å². The van der Waals surface area contributed by atoms with Crippen LogP contribution in [0.3, 0.4) is 0 Å². The third-order valence-corrected chi connectivity index (χ3v) is 4.95. The van der Waals surface area contributed by atoms with E-state index in [1.165, 1.54) is 18.2 Å². The lowest BCUT2D eigenvalue weighted by Gasteiger charge is -2.33. The van der Waals surface area contributed by atoms with Crippen LogP contribution in [-0.2, 0) is 14.8 Å². The van der Waals surface area contributed by atoms with Crippen molar-refractivity contribution in [3.63, 3.8) is 0 Å². The van der Waals surface area contributed by atoms with Crippen LogP contribution in [0.25, 0.3) is 0 Å². The summed E-state index contributed by atoms with van der Waals surface area (Å²) < 4.78 is 45.4. The van der Waals surface area contributed by atoms with Crippen molar-refractivity contribution in [1.82, 2.24) is 4.72 Å². The zero-order valence-corrected chi connectivity index (χ0v) is 11.7. The van der Waals surface area contributed by atoms with Crippen LogP contribution in [0.15, 0.2) is 29.2 Å². The molecule has 0 aromatic heterocycles.